The number of anilines is 1. The third-order valence-electron chi connectivity index (χ3n) is 4.50. The van der Waals surface area contributed by atoms with Gasteiger partial charge in [-0.3, -0.25) is 0 Å². The van der Waals surface area contributed by atoms with E-state index in [1.54, 1.807) is 0 Å². The van der Waals surface area contributed by atoms with Gasteiger partial charge in [-0.2, -0.15) is 0 Å². The maximum Gasteiger partial charge on any atom is 0.142 e. The van der Waals surface area contributed by atoms with Crippen molar-refractivity contribution in [3.8, 4) is 5.75 Å². The lowest BCUT2D eigenvalue weighted by molar-refractivity contribution is 0.202. The molecule has 0 aliphatic carbocycles. The van der Waals surface area contributed by atoms with Gasteiger partial charge in [0.2, 0.25) is 0 Å². The lowest BCUT2D eigenvalue weighted by atomic mass is 10.0. The molecule has 0 saturated heterocycles. The topological polar surface area (TPSA) is 51.1 Å². The lowest BCUT2D eigenvalue weighted by Crippen LogP contribution is -2.31. The fraction of sp³-hybridized carbons (Fsp3) is 0.526. The van der Waals surface area contributed by atoms with Crippen LogP contribution in [0.3, 0.4) is 0 Å². The molecular weight excluding hydrogens is 300 g/mol. The molecule has 130 valence electrons. The van der Waals surface area contributed by atoms with E-state index in [1.165, 1.54) is 5.56 Å². The predicted molar refractivity (Wildman–Crippen MR) is 97.7 cm³/mol. The molecule has 5 heteroatoms. The van der Waals surface area contributed by atoms with Crippen LogP contribution in [0.25, 0.3) is 0 Å². The van der Waals surface area contributed by atoms with Gasteiger partial charge in [-0.25, -0.2) is 4.98 Å². The molecule has 2 unspecified atom stereocenters. The Morgan fingerprint density at radius 3 is 3.17 bits per heavy atom. The Morgan fingerprint density at radius 2 is 2.38 bits per heavy atom. The molecule has 3 rings (SSSR count). The Morgan fingerprint density at radius 1 is 1.46 bits per heavy atom. The van der Waals surface area contributed by atoms with Gasteiger partial charge in [0.15, 0.2) is 0 Å². The summed E-state index contributed by atoms with van der Waals surface area (Å²) in [4.78, 5) is 4.06. The van der Waals surface area contributed by atoms with Crippen LogP contribution < -0.4 is 15.4 Å². The van der Waals surface area contributed by atoms with Crippen LogP contribution in [-0.4, -0.2) is 34.8 Å². The summed E-state index contributed by atoms with van der Waals surface area (Å²) in [5.74, 6) is 0.984. The molecule has 1 aliphatic rings. The van der Waals surface area contributed by atoms with E-state index in [-0.39, 0.29) is 0 Å². The highest BCUT2D eigenvalue weighted by molar-refractivity contribution is 5.59. The molecule has 0 saturated carbocycles. The summed E-state index contributed by atoms with van der Waals surface area (Å²) in [7, 11) is 0. The minimum absolute atomic E-state index is 0.291. The van der Waals surface area contributed by atoms with E-state index in [2.05, 4.69) is 52.2 Å². The van der Waals surface area contributed by atoms with Crippen LogP contribution in [0, 0.1) is 0 Å². The normalized spacial score (nSPS) is 17.7. The van der Waals surface area contributed by atoms with E-state index >= 15 is 0 Å². The number of rotatable bonds is 8. The summed E-state index contributed by atoms with van der Waals surface area (Å²) in [5.41, 5.74) is 2.47. The summed E-state index contributed by atoms with van der Waals surface area (Å²) in [5, 5.41) is 7.10. The first-order valence-corrected chi connectivity index (χ1v) is 8.97. The van der Waals surface area contributed by atoms with Crippen LogP contribution in [-0.2, 0) is 13.0 Å². The Bertz CT molecular complexity index is 626. The van der Waals surface area contributed by atoms with Crippen molar-refractivity contribution in [2.24, 2.45) is 0 Å². The number of aryl methyl sites for hydroxylation is 1. The average molecular weight is 328 g/mol. The molecule has 0 spiro atoms. The van der Waals surface area contributed by atoms with Gasteiger partial charge in [0.25, 0.3) is 0 Å². The zero-order valence-corrected chi connectivity index (χ0v) is 14.7. The molecule has 2 N–H and O–H groups in total. The minimum atomic E-state index is 0.291. The molecule has 1 aromatic heterocycles. The van der Waals surface area contributed by atoms with Crippen molar-refractivity contribution in [2.45, 2.75) is 51.8 Å². The van der Waals surface area contributed by atoms with Crippen LogP contribution in [0.4, 0.5) is 5.69 Å². The van der Waals surface area contributed by atoms with Crippen molar-refractivity contribution in [1.82, 2.24) is 14.9 Å². The van der Waals surface area contributed by atoms with Crippen LogP contribution >= 0.6 is 0 Å². The van der Waals surface area contributed by atoms with Gasteiger partial charge in [0.05, 0.1) is 18.6 Å². The smallest absolute Gasteiger partial charge is 0.142 e. The van der Waals surface area contributed by atoms with Crippen molar-refractivity contribution < 1.29 is 4.74 Å². The number of hydrogen-bond donors (Lipinski definition) is 2. The first-order chi connectivity index (χ1) is 11.7. The monoisotopic (exact) mass is 328 g/mol. The van der Waals surface area contributed by atoms with Gasteiger partial charge < -0.3 is 19.9 Å². The van der Waals surface area contributed by atoms with Crippen LogP contribution in [0.1, 0.15) is 32.3 Å². The van der Waals surface area contributed by atoms with E-state index in [0.29, 0.717) is 12.1 Å². The van der Waals surface area contributed by atoms with Crippen molar-refractivity contribution in [3.63, 3.8) is 0 Å². The Labute approximate surface area is 144 Å². The van der Waals surface area contributed by atoms with Crippen LogP contribution in [0.15, 0.2) is 36.9 Å². The fourth-order valence-corrected chi connectivity index (χ4v) is 3.07. The van der Waals surface area contributed by atoms with E-state index in [9.17, 15) is 0 Å². The second kappa shape index (κ2) is 8.20. The quantitative estimate of drug-likeness (QED) is 0.731. The van der Waals surface area contributed by atoms with E-state index in [4.69, 9.17) is 4.74 Å². The maximum atomic E-state index is 5.97. The zero-order chi connectivity index (χ0) is 16.8. The van der Waals surface area contributed by atoms with Gasteiger partial charge in [0.1, 0.15) is 11.9 Å². The average Bonchev–Trinajstić information content (AvgIpc) is 3.11. The fourth-order valence-electron chi connectivity index (χ4n) is 3.07. The Kier molecular flexibility index (Phi) is 5.75. The first kappa shape index (κ1) is 16.8. The number of fused-ring (bicyclic) bond motifs is 1. The Hall–Kier alpha value is -2.01. The van der Waals surface area contributed by atoms with Gasteiger partial charge >= 0.3 is 0 Å². The van der Waals surface area contributed by atoms with Crippen LogP contribution in [0.5, 0.6) is 5.75 Å². The first-order valence-electron chi connectivity index (χ1n) is 8.97. The second-order valence-corrected chi connectivity index (χ2v) is 6.57. The molecule has 0 bridgehead atoms. The summed E-state index contributed by atoms with van der Waals surface area (Å²) >= 11 is 0. The summed E-state index contributed by atoms with van der Waals surface area (Å²) in [6.07, 6.45) is 9.17. The third kappa shape index (κ3) is 4.51. The minimum Gasteiger partial charge on any atom is -0.486 e. The van der Waals surface area contributed by atoms with Crippen molar-refractivity contribution in [3.05, 3.63) is 42.5 Å². The number of benzene rings is 1. The molecule has 0 amide bonds. The Balaban J connectivity index is 1.43. The highest BCUT2D eigenvalue weighted by Gasteiger charge is 2.18. The molecule has 1 aliphatic heterocycles. The number of aromatic nitrogens is 2. The van der Waals surface area contributed by atoms with Crippen molar-refractivity contribution >= 4 is 5.69 Å². The highest BCUT2D eigenvalue weighted by atomic mass is 16.5. The predicted octanol–water partition coefficient (Wildman–Crippen LogP) is 3.08. The largest absolute Gasteiger partial charge is 0.486 e. The molecule has 0 fully saturated rings. The third-order valence-corrected chi connectivity index (χ3v) is 4.50. The lowest BCUT2D eigenvalue weighted by Gasteiger charge is -2.27. The van der Waals surface area contributed by atoms with Gasteiger partial charge in [0, 0.05) is 25.0 Å². The van der Waals surface area contributed by atoms with Crippen LogP contribution in [0.2, 0.25) is 0 Å². The number of nitrogens with one attached hydrogen (secondary N) is 2. The van der Waals surface area contributed by atoms with Gasteiger partial charge in [-0.1, -0.05) is 13.0 Å². The van der Waals surface area contributed by atoms with E-state index < -0.39 is 0 Å². The standard InChI is InChI=1S/C19H28N4O/c1-3-17-13-22-18-12-16(5-6-19(18)24-17)11-15(2)21-7-4-9-23-10-8-20-14-23/h5-6,8,10,12,14-15,17,21-22H,3-4,7,9,11,13H2,1-2H3. The number of hydrogen-bond acceptors (Lipinski definition) is 4. The molecule has 2 aromatic rings. The van der Waals surface area contributed by atoms with Gasteiger partial charge in [-0.05, 0) is 50.4 Å². The molecule has 0 radical (unpaired) electrons. The molecule has 5 nitrogen and oxygen atoms in total. The summed E-state index contributed by atoms with van der Waals surface area (Å²) in [6, 6.07) is 6.97. The van der Waals surface area contributed by atoms with E-state index in [0.717, 1.165) is 50.3 Å². The zero-order valence-electron chi connectivity index (χ0n) is 14.7. The maximum absolute atomic E-state index is 5.97. The number of nitrogens with zero attached hydrogens (tertiary/aromatic N) is 2. The van der Waals surface area contributed by atoms with Crippen molar-refractivity contribution in [2.75, 3.05) is 18.4 Å². The number of ether oxygens (including phenoxy) is 1. The summed E-state index contributed by atoms with van der Waals surface area (Å²) in [6.45, 7) is 7.33. The van der Waals surface area contributed by atoms with Gasteiger partial charge in [-0.15, -0.1) is 0 Å². The van der Waals surface area contributed by atoms with Crippen molar-refractivity contribution in [1.29, 1.82) is 0 Å². The molecule has 1 aromatic carbocycles. The summed E-state index contributed by atoms with van der Waals surface area (Å²) < 4.78 is 8.09. The SMILES string of the molecule is CCC1CNc2cc(CC(C)NCCCn3ccnc3)ccc2O1. The van der Waals surface area contributed by atoms with E-state index in [1.807, 2.05) is 18.7 Å². The molecule has 2 heterocycles. The molecule has 2 atom stereocenters. The molecular formula is C19H28N4O. The molecule has 24 heavy (non-hydrogen) atoms. The second-order valence-electron chi connectivity index (χ2n) is 6.57. The number of imidazole rings is 1. The highest BCUT2D eigenvalue weighted by Crippen LogP contribution is 2.30.